The SMILES string of the molecule is [CH2]OC(=O)SSC. The van der Waals surface area contributed by atoms with E-state index in [1.807, 2.05) is 0 Å². The van der Waals surface area contributed by atoms with Crippen molar-refractivity contribution in [2.45, 2.75) is 0 Å². The number of ether oxygens (including phenoxy) is 1. The third kappa shape index (κ3) is 4.01. The summed E-state index contributed by atoms with van der Waals surface area (Å²) >= 11 is 0. The lowest BCUT2D eigenvalue weighted by Crippen LogP contribution is -1.82. The van der Waals surface area contributed by atoms with Gasteiger partial charge in [-0.1, -0.05) is 10.8 Å². The summed E-state index contributed by atoms with van der Waals surface area (Å²) in [7, 11) is 5.28. The third-order valence-corrected chi connectivity index (χ3v) is 1.60. The van der Waals surface area contributed by atoms with Gasteiger partial charge in [-0.3, -0.25) is 0 Å². The first-order chi connectivity index (χ1) is 3.31. The molecule has 0 aliphatic carbocycles. The molecular formula is C3H5O2S2. The highest BCUT2D eigenvalue weighted by Crippen LogP contribution is 2.18. The highest BCUT2D eigenvalue weighted by atomic mass is 33.1. The van der Waals surface area contributed by atoms with Crippen LogP contribution in [0.4, 0.5) is 4.79 Å². The third-order valence-electron chi connectivity index (χ3n) is 0.269. The largest absolute Gasteiger partial charge is 0.453 e. The van der Waals surface area contributed by atoms with Crippen molar-refractivity contribution in [1.29, 1.82) is 0 Å². The summed E-state index contributed by atoms with van der Waals surface area (Å²) in [6, 6.07) is 0. The fraction of sp³-hybridized carbons (Fsp3) is 0.333. The highest BCUT2D eigenvalue weighted by Gasteiger charge is 1.95. The van der Waals surface area contributed by atoms with Crippen LogP contribution in [0.15, 0.2) is 0 Å². The van der Waals surface area contributed by atoms with Gasteiger partial charge in [0, 0.05) is 10.8 Å². The van der Waals surface area contributed by atoms with Crippen LogP contribution in [0.3, 0.4) is 0 Å². The molecule has 0 fully saturated rings. The van der Waals surface area contributed by atoms with Crippen molar-refractivity contribution in [2.24, 2.45) is 0 Å². The molecule has 0 aromatic carbocycles. The summed E-state index contributed by atoms with van der Waals surface area (Å²) < 4.78 is 4.04. The van der Waals surface area contributed by atoms with Crippen molar-refractivity contribution >= 4 is 26.9 Å². The maximum absolute atomic E-state index is 10.1. The van der Waals surface area contributed by atoms with Crippen LogP contribution in [-0.2, 0) is 4.74 Å². The molecule has 0 aromatic rings. The highest BCUT2D eigenvalue weighted by molar-refractivity contribution is 8.81. The van der Waals surface area contributed by atoms with Gasteiger partial charge in [0.25, 0.3) is 0 Å². The Labute approximate surface area is 50.4 Å². The van der Waals surface area contributed by atoms with Gasteiger partial charge >= 0.3 is 5.30 Å². The van der Waals surface area contributed by atoms with Gasteiger partial charge in [0.15, 0.2) is 0 Å². The fourth-order valence-corrected chi connectivity index (χ4v) is 0.829. The average Bonchev–Trinajstić information content (AvgIpc) is 1.68. The van der Waals surface area contributed by atoms with Crippen LogP contribution in [0, 0.1) is 7.11 Å². The maximum atomic E-state index is 10.1. The topological polar surface area (TPSA) is 26.3 Å². The molecule has 0 rings (SSSR count). The first-order valence-corrected chi connectivity index (χ1v) is 4.03. The Bertz CT molecular complexity index is 64.0. The first-order valence-electron chi connectivity index (χ1n) is 1.48. The number of hydrogen-bond donors (Lipinski definition) is 0. The van der Waals surface area contributed by atoms with E-state index in [1.54, 1.807) is 6.26 Å². The Morgan fingerprint density at radius 2 is 2.43 bits per heavy atom. The van der Waals surface area contributed by atoms with Crippen LogP contribution in [0.2, 0.25) is 0 Å². The molecule has 2 nitrogen and oxygen atoms in total. The van der Waals surface area contributed by atoms with Gasteiger partial charge in [-0.25, -0.2) is 4.79 Å². The summed E-state index contributed by atoms with van der Waals surface area (Å²) in [4.78, 5) is 10.1. The van der Waals surface area contributed by atoms with E-state index < -0.39 is 0 Å². The standard InChI is InChI=1S/C3H5O2S2/c1-5-3(4)7-6-2/h1H2,2H3. The van der Waals surface area contributed by atoms with E-state index >= 15 is 0 Å². The molecule has 0 heterocycles. The van der Waals surface area contributed by atoms with E-state index in [-0.39, 0.29) is 5.30 Å². The fourth-order valence-electron chi connectivity index (χ4n) is 0.0921. The Morgan fingerprint density at radius 1 is 1.86 bits per heavy atom. The lowest BCUT2D eigenvalue weighted by atomic mass is 11.5. The van der Waals surface area contributed by atoms with E-state index in [0.29, 0.717) is 0 Å². The molecule has 0 aliphatic heterocycles. The molecule has 4 heteroatoms. The molecule has 1 radical (unpaired) electrons. The van der Waals surface area contributed by atoms with Gasteiger partial charge in [0.1, 0.15) is 7.11 Å². The van der Waals surface area contributed by atoms with Crippen LogP contribution < -0.4 is 0 Å². The molecule has 0 N–H and O–H groups in total. The van der Waals surface area contributed by atoms with Gasteiger partial charge in [0.2, 0.25) is 0 Å². The summed E-state index contributed by atoms with van der Waals surface area (Å²) in [6.07, 6.45) is 1.79. The second kappa shape index (κ2) is 4.33. The van der Waals surface area contributed by atoms with Crippen molar-refractivity contribution in [1.82, 2.24) is 0 Å². The van der Waals surface area contributed by atoms with E-state index in [2.05, 4.69) is 11.8 Å². The van der Waals surface area contributed by atoms with Crippen LogP contribution >= 0.6 is 21.6 Å². The van der Waals surface area contributed by atoms with Crippen molar-refractivity contribution in [3.05, 3.63) is 7.11 Å². The number of hydrogen-bond acceptors (Lipinski definition) is 4. The Morgan fingerprint density at radius 3 is 2.57 bits per heavy atom. The summed E-state index contributed by atoms with van der Waals surface area (Å²) in [5.74, 6) is 0. The summed E-state index contributed by atoms with van der Waals surface area (Å²) in [6.45, 7) is 0. The summed E-state index contributed by atoms with van der Waals surface area (Å²) in [5.41, 5.74) is 0. The maximum Gasteiger partial charge on any atom is 0.378 e. The van der Waals surface area contributed by atoms with Crippen LogP contribution in [0.25, 0.3) is 0 Å². The smallest absolute Gasteiger partial charge is 0.378 e. The molecule has 7 heavy (non-hydrogen) atoms. The minimum Gasteiger partial charge on any atom is -0.453 e. The van der Waals surface area contributed by atoms with Gasteiger partial charge in [0.05, 0.1) is 0 Å². The molecule has 0 saturated heterocycles. The number of carbonyl (C=O) groups excluding carboxylic acids is 1. The molecule has 0 unspecified atom stereocenters. The molecular weight excluding hydrogens is 132 g/mol. The molecule has 0 bridgehead atoms. The quantitative estimate of drug-likeness (QED) is 0.407. The summed E-state index contributed by atoms with van der Waals surface area (Å²) in [5, 5.41) is -0.354. The Hall–Kier alpha value is 0.170. The number of carbonyl (C=O) groups is 1. The Balaban J connectivity index is 3.00. The van der Waals surface area contributed by atoms with E-state index in [9.17, 15) is 4.79 Å². The minimum atomic E-state index is -0.354. The molecule has 0 amide bonds. The van der Waals surface area contributed by atoms with Crippen molar-refractivity contribution in [2.75, 3.05) is 6.26 Å². The van der Waals surface area contributed by atoms with Crippen molar-refractivity contribution < 1.29 is 9.53 Å². The zero-order chi connectivity index (χ0) is 5.70. The second-order valence-electron chi connectivity index (χ2n) is 0.644. The molecule has 0 atom stereocenters. The van der Waals surface area contributed by atoms with Crippen LogP contribution in [0.1, 0.15) is 0 Å². The number of rotatable bonds is 1. The zero-order valence-electron chi connectivity index (χ0n) is 3.84. The molecule has 0 saturated carbocycles. The normalized spacial score (nSPS) is 8.29. The lowest BCUT2D eigenvalue weighted by Gasteiger charge is -1.88. The molecule has 0 aromatic heterocycles. The van der Waals surface area contributed by atoms with Crippen molar-refractivity contribution in [3.8, 4) is 0 Å². The average molecular weight is 137 g/mol. The predicted octanol–water partition coefficient (Wildman–Crippen LogP) is 1.93. The van der Waals surface area contributed by atoms with Gasteiger partial charge < -0.3 is 4.74 Å². The van der Waals surface area contributed by atoms with Gasteiger partial charge in [-0.05, 0) is 6.26 Å². The predicted molar refractivity (Wildman–Crippen MR) is 32.9 cm³/mol. The van der Waals surface area contributed by atoms with Gasteiger partial charge in [-0.2, -0.15) is 0 Å². The van der Waals surface area contributed by atoms with E-state index in [1.165, 1.54) is 10.8 Å². The molecule has 41 valence electrons. The van der Waals surface area contributed by atoms with Crippen molar-refractivity contribution in [3.63, 3.8) is 0 Å². The lowest BCUT2D eigenvalue weighted by molar-refractivity contribution is 0.212. The molecule has 0 spiro atoms. The zero-order valence-corrected chi connectivity index (χ0v) is 5.47. The monoisotopic (exact) mass is 137 g/mol. The van der Waals surface area contributed by atoms with Crippen LogP contribution in [-0.4, -0.2) is 11.6 Å². The van der Waals surface area contributed by atoms with E-state index in [4.69, 9.17) is 0 Å². The first kappa shape index (κ1) is 7.17. The van der Waals surface area contributed by atoms with Crippen LogP contribution in [0.5, 0.6) is 0 Å². The molecule has 0 aliphatic rings. The van der Waals surface area contributed by atoms with E-state index in [0.717, 1.165) is 10.8 Å². The minimum absolute atomic E-state index is 0.354. The second-order valence-corrected chi connectivity index (χ2v) is 2.98. The van der Waals surface area contributed by atoms with Gasteiger partial charge in [-0.15, -0.1) is 0 Å². The Kier molecular flexibility index (Phi) is 4.44.